The van der Waals surface area contributed by atoms with Gasteiger partial charge < -0.3 is 10.2 Å². The lowest BCUT2D eigenvalue weighted by Gasteiger charge is -2.07. The number of hydrogen-bond donors (Lipinski definition) is 2. The number of phenols is 1. The first-order valence-electron chi connectivity index (χ1n) is 4.35. The topological polar surface area (TPSA) is 40.5 Å². The van der Waals surface area contributed by atoms with E-state index < -0.39 is 23.5 Å². The van der Waals surface area contributed by atoms with Crippen LogP contribution in [-0.2, 0) is 6.42 Å². The number of rotatable bonds is 3. The van der Waals surface area contributed by atoms with Gasteiger partial charge in [-0.15, -0.1) is 0 Å². The predicted octanol–water partition coefficient (Wildman–Crippen LogP) is 1.98. The molecule has 14 heavy (non-hydrogen) atoms. The summed E-state index contributed by atoms with van der Waals surface area (Å²) < 4.78 is 25.6. The molecule has 0 aliphatic carbocycles. The standard InChI is InChI=1S/C10H12F2O2/c1-6(13)2-3-8-9(12)4-7(11)5-10(8)14/h4-6,13-14H,2-3H2,1H3. The Balaban J connectivity index is 2.86. The molecular formula is C10H12F2O2. The first-order valence-corrected chi connectivity index (χ1v) is 4.35. The Labute approximate surface area is 80.8 Å². The Morgan fingerprint density at radius 3 is 2.50 bits per heavy atom. The fourth-order valence-corrected chi connectivity index (χ4v) is 1.19. The summed E-state index contributed by atoms with van der Waals surface area (Å²) in [6.07, 6.45) is -0.0509. The summed E-state index contributed by atoms with van der Waals surface area (Å²) in [6, 6.07) is 1.58. The summed E-state index contributed by atoms with van der Waals surface area (Å²) >= 11 is 0. The van der Waals surface area contributed by atoms with Gasteiger partial charge in [0.05, 0.1) is 6.10 Å². The molecule has 0 heterocycles. The van der Waals surface area contributed by atoms with Crippen molar-refractivity contribution in [1.82, 2.24) is 0 Å². The molecule has 0 bridgehead atoms. The Kier molecular flexibility index (Phi) is 3.41. The highest BCUT2D eigenvalue weighted by Crippen LogP contribution is 2.23. The van der Waals surface area contributed by atoms with Crippen molar-refractivity contribution in [3.8, 4) is 5.75 Å². The quantitative estimate of drug-likeness (QED) is 0.786. The molecule has 78 valence electrons. The molecule has 0 saturated carbocycles. The van der Waals surface area contributed by atoms with Gasteiger partial charge >= 0.3 is 0 Å². The van der Waals surface area contributed by atoms with Crippen LogP contribution >= 0.6 is 0 Å². The second kappa shape index (κ2) is 4.37. The van der Waals surface area contributed by atoms with Gasteiger partial charge in [0.15, 0.2) is 0 Å². The third-order valence-corrected chi connectivity index (χ3v) is 1.95. The van der Waals surface area contributed by atoms with Crippen LogP contribution in [0.25, 0.3) is 0 Å². The summed E-state index contributed by atoms with van der Waals surface area (Å²) in [4.78, 5) is 0. The van der Waals surface area contributed by atoms with Crippen LogP contribution in [0.3, 0.4) is 0 Å². The van der Waals surface area contributed by atoms with Gasteiger partial charge in [0.2, 0.25) is 0 Å². The monoisotopic (exact) mass is 202 g/mol. The van der Waals surface area contributed by atoms with Crippen molar-refractivity contribution in [2.45, 2.75) is 25.9 Å². The number of halogens is 2. The molecule has 0 spiro atoms. The van der Waals surface area contributed by atoms with E-state index in [1.165, 1.54) is 0 Å². The van der Waals surface area contributed by atoms with E-state index in [1.54, 1.807) is 6.92 Å². The second-order valence-electron chi connectivity index (χ2n) is 3.27. The Bertz CT molecular complexity index is 301. The SMILES string of the molecule is CC(O)CCc1c(O)cc(F)cc1F. The summed E-state index contributed by atoms with van der Waals surface area (Å²) in [5.74, 6) is -1.98. The molecule has 2 N–H and O–H groups in total. The molecule has 1 aromatic carbocycles. The molecule has 4 heteroatoms. The minimum Gasteiger partial charge on any atom is -0.507 e. The van der Waals surface area contributed by atoms with Gasteiger partial charge in [-0.1, -0.05) is 0 Å². The Morgan fingerprint density at radius 2 is 2.00 bits per heavy atom. The van der Waals surface area contributed by atoms with Crippen molar-refractivity contribution in [2.24, 2.45) is 0 Å². The molecular weight excluding hydrogens is 190 g/mol. The maximum Gasteiger partial charge on any atom is 0.133 e. The molecule has 0 radical (unpaired) electrons. The zero-order valence-corrected chi connectivity index (χ0v) is 7.80. The van der Waals surface area contributed by atoms with Crippen LogP contribution in [0.1, 0.15) is 18.9 Å². The molecule has 0 aliphatic heterocycles. The zero-order chi connectivity index (χ0) is 10.7. The maximum absolute atomic E-state index is 13.1. The van der Waals surface area contributed by atoms with Crippen LogP contribution in [0, 0.1) is 11.6 Å². The summed E-state index contributed by atoms with van der Waals surface area (Å²) in [6.45, 7) is 1.57. The van der Waals surface area contributed by atoms with Crippen LogP contribution in [-0.4, -0.2) is 16.3 Å². The normalized spacial score (nSPS) is 12.9. The van der Waals surface area contributed by atoms with Crippen molar-refractivity contribution in [3.05, 3.63) is 29.3 Å². The first-order chi connectivity index (χ1) is 6.50. The minimum absolute atomic E-state index is 0.0484. The lowest BCUT2D eigenvalue weighted by Crippen LogP contribution is -2.03. The van der Waals surface area contributed by atoms with Crippen molar-refractivity contribution in [2.75, 3.05) is 0 Å². The van der Waals surface area contributed by atoms with E-state index in [1.807, 2.05) is 0 Å². The molecule has 0 saturated heterocycles. The Hall–Kier alpha value is -1.16. The van der Waals surface area contributed by atoms with E-state index in [0.29, 0.717) is 6.42 Å². The second-order valence-corrected chi connectivity index (χ2v) is 3.27. The fraction of sp³-hybridized carbons (Fsp3) is 0.400. The van der Waals surface area contributed by atoms with Gasteiger partial charge in [-0.2, -0.15) is 0 Å². The van der Waals surface area contributed by atoms with Crippen LogP contribution in [0.5, 0.6) is 5.75 Å². The Morgan fingerprint density at radius 1 is 1.36 bits per heavy atom. The smallest absolute Gasteiger partial charge is 0.133 e. The molecule has 1 rings (SSSR count). The molecule has 1 unspecified atom stereocenters. The van der Waals surface area contributed by atoms with Gasteiger partial charge in [0.25, 0.3) is 0 Å². The number of phenolic OH excluding ortho intramolecular Hbond substituents is 1. The lowest BCUT2D eigenvalue weighted by molar-refractivity contribution is 0.184. The third kappa shape index (κ3) is 2.67. The van der Waals surface area contributed by atoms with E-state index in [-0.39, 0.29) is 12.0 Å². The molecule has 0 amide bonds. The van der Waals surface area contributed by atoms with E-state index in [2.05, 4.69) is 0 Å². The number of aliphatic hydroxyl groups excluding tert-OH is 1. The molecule has 1 atom stereocenters. The van der Waals surface area contributed by atoms with E-state index in [9.17, 15) is 13.9 Å². The number of hydrogen-bond acceptors (Lipinski definition) is 2. The molecule has 1 aromatic rings. The van der Waals surface area contributed by atoms with Gasteiger partial charge in [0.1, 0.15) is 17.4 Å². The van der Waals surface area contributed by atoms with E-state index >= 15 is 0 Å². The molecule has 0 fully saturated rings. The molecule has 2 nitrogen and oxygen atoms in total. The van der Waals surface area contributed by atoms with Gasteiger partial charge in [0, 0.05) is 17.7 Å². The third-order valence-electron chi connectivity index (χ3n) is 1.95. The van der Waals surface area contributed by atoms with Crippen LogP contribution in [0.2, 0.25) is 0 Å². The summed E-state index contributed by atoms with van der Waals surface area (Å²) in [5.41, 5.74) is 0.0484. The van der Waals surface area contributed by atoms with E-state index in [4.69, 9.17) is 5.11 Å². The predicted molar refractivity (Wildman–Crippen MR) is 48.0 cm³/mol. The van der Waals surface area contributed by atoms with Gasteiger partial charge in [-0.05, 0) is 19.8 Å². The molecule has 0 aliphatic rings. The average Bonchev–Trinajstić information content (AvgIpc) is 2.01. The van der Waals surface area contributed by atoms with Crippen molar-refractivity contribution in [1.29, 1.82) is 0 Å². The minimum atomic E-state index is -0.805. The van der Waals surface area contributed by atoms with Crippen LogP contribution in [0.15, 0.2) is 12.1 Å². The van der Waals surface area contributed by atoms with Crippen molar-refractivity contribution < 1.29 is 19.0 Å². The largest absolute Gasteiger partial charge is 0.507 e. The van der Waals surface area contributed by atoms with Crippen molar-refractivity contribution in [3.63, 3.8) is 0 Å². The van der Waals surface area contributed by atoms with E-state index in [0.717, 1.165) is 12.1 Å². The number of aliphatic hydroxyl groups is 1. The maximum atomic E-state index is 13.1. The summed E-state index contributed by atoms with van der Waals surface area (Å²) in [5, 5.41) is 18.2. The lowest BCUT2D eigenvalue weighted by atomic mass is 10.1. The van der Waals surface area contributed by atoms with Gasteiger partial charge in [-0.3, -0.25) is 0 Å². The molecule has 0 aromatic heterocycles. The van der Waals surface area contributed by atoms with Crippen LogP contribution < -0.4 is 0 Å². The first kappa shape index (κ1) is 10.9. The highest BCUT2D eigenvalue weighted by Gasteiger charge is 2.11. The highest BCUT2D eigenvalue weighted by atomic mass is 19.1. The van der Waals surface area contributed by atoms with Crippen LogP contribution in [0.4, 0.5) is 8.78 Å². The van der Waals surface area contributed by atoms with Crippen molar-refractivity contribution >= 4 is 0 Å². The number of benzene rings is 1. The zero-order valence-electron chi connectivity index (χ0n) is 7.80. The fourth-order valence-electron chi connectivity index (χ4n) is 1.19. The number of aromatic hydroxyl groups is 1. The summed E-state index contributed by atoms with van der Waals surface area (Å²) in [7, 11) is 0. The van der Waals surface area contributed by atoms with Gasteiger partial charge in [-0.25, -0.2) is 8.78 Å². The average molecular weight is 202 g/mol. The highest BCUT2D eigenvalue weighted by molar-refractivity contribution is 5.34.